The molecule has 1 rings (SSSR count). The molecule has 0 spiro atoms. The van der Waals surface area contributed by atoms with Crippen LogP contribution in [0, 0.1) is 16.2 Å². The molecular weight excluding hydrogens is 190 g/mol. The van der Waals surface area contributed by atoms with Crippen LogP contribution in [-0.4, -0.2) is 4.92 Å². The molecule has 3 heteroatoms. The van der Waals surface area contributed by atoms with Crippen molar-refractivity contribution in [1.82, 2.24) is 0 Å². The van der Waals surface area contributed by atoms with Crippen LogP contribution in [0.2, 0.25) is 0 Å². The number of hydrogen-bond acceptors (Lipinski definition) is 2. The molecule has 0 saturated heterocycles. The molecule has 0 aliphatic rings. The summed E-state index contributed by atoms with van der Waals surface area (Å²) in [6, 6.07) is 5.22. The van der Waals surface area contributed by atoms with Gasteiger partial charge in [0, 0.05) is 5.56 Å². The predicted octanol–water partition coefficient (Wildman–Crippen LogP) is 3.23. The lowest BCUT2D eigenvalue weighted by Crippen LogP contribution is -2.14. The molecule has 3 nitrogen and oxygen atoms in total. The van der Waals surface area contributed by atoms with Gasteiger partial charge in [-0.15, -0.1) is 0 Å². The number of nitro groups is 1. The highest BCUT2D eigenvalue weighted by molar-refractivity contribution is 5.53. The summed E-state index contributed by atoms with van der Waals surface area (Å²) in [5, 5.41) is 11.0. The number of hydrogen-bond donors (Lipinski definition) is 0. The normalized spacial score (nSPS) is 11.1. The van der Waals surface area contributed by atoms with Gasteiger partial charge >= 0.3 is 0 Å². The second-order valence-electron chi connectivity index (χ2n) is 4.39. The smallest absolute Gasteiger partial charge is 0.258 e. The summed E-state index contributed by atoms with van der Waals surface area (Å²) >= 11 is 0. The van der Waals surface area contributed by atoms with Crippen molar-refractivity contribution in [2.75, 3.05) is 0 Å². The van der Waals surface area contributed by atoms with Crippen molar-refractivity contribution in [1.29, 1.82) is 0 Å². The molecule has 0 bridgehead atoms. The average Bonchev–Trinajstić information content (AvgIpc) is 2.15. The Bertz CT molecular complexity index is 403. The van der Waals surface area contributed by atoms with Gasteiger partial charge in [0.2, 0.25) is 0 Å². The van der Waals surface area contributed by atoms with Crippen molar-refractivity contribution in [2.45, 2.75) is 26.2 Å². The van der Waals surface area contributed by atoms with Crippen molar-refractivity contribution in [3.8, 4) is 0 Å². The Morgan fingerprint density at radius 1 is 1.40 bits per heavy atom. The van der Waals surface area contributed by atoms with Gasteiger partial charge in [0.05, 0.1) is 10.5 Å². The highest BCUT2D eigenvalue weighted by atomic mass is 16.6. The molecule has 0 fully saturated rings. The first-order chi connectivity index (χ1) is 6.88. The molecule has 0 amide bonds. The first kappa shape index (κ1) is 11.4. The van der Waals surface area contributed by atoms with Crippen LogP contribution in [0.4, 0.5) is 5.69 Å². The molecule has 1 aromatic rings. The fraction of sp³-hybridized carbons (Fsp3) is 0.333. The number of benzene rings is 1. The molecule has 0 unspecified atom stereocenters. The van der Waals surface area contributed by atoms with E-state index >= 15 is 0 Å². The summed E-state index contributed by atoms with van der Waals surface area (Å²) in [5.41, 5.74) is 1.02. The summed E-state index contributed by atoms with van der Waals surface area (Å²) in [4.78, 5) is 10.6. The molecule has 0 aliphatic heterocycles. The molecule has 1 aromatic carbocycles. The van der Waals surface area contributed by atoms with Crippen molar-refractivity contribution in [3.05, 3.63) is 52.1 Å². The number of nitro benzene ring substituents is 1. The van der Waals surface area contributed by atoms with E-state index in [1.165, 1.54) is 0 Å². The SMILES string of the molecule is C=[C]c1cccc(C(C)(C)C)c1[N+](=O)[O-]. The maximum atomic E-state index is 11.0. The summed E-state index contributed by atoms with van der Waals surface area (Å²) in [6.07, 6.45) is 2.60. The van der Waals surface area contributed by atoms with E-state index in [1.54, 1.807) is 18.2 Å². The quantitative estimate of drug-likeness (QED) is 0.548. The minimum absolute atomic E-state index is 0.111. The number of rotatable bonds is 2. The minimum atomic E-state index is -0.367. The Hall–Kier alpha value is -1.64. The average molecular weight is 204 g/mol. The van der Waals surface area contributed by atoms with Gasteiger partial charge in [-0.25, -0.2) is 0 Å². The van der Waals surface area contributed by atoms with Crippen LogP contribution in [0.3, 0.4) is 0 Å². The van der Waals surface area contributed by atoms with Crippen LogP contribution in [0.15, 0.2) is 24.8 Å². The van der Waals surface area contributed by atoms with Crippen LogP contribution in [0.25, 0.3) is 0 Å². The van der Waals surface area contributed by atoms with E-state index in [0.717, 1.165) is 0 Å². The molecule has 0 aliphatic carbocycles. The molecule has 0 aromatic heterocycles. The van der Waals surface area contributed by atoms with Gasteiger partial charge in [0.25, 0.3) is 5.69 Å². The Kier molecular flexibility index (Phi) is 2.93. The van der Waals surface area contributed by atoms with Crippen LogP contribution in [0.1, 0.15) is 31.9 Å². The van der Waals surface area contributed by atoms with Crippen LogP contribution in [-0.2, 0) is 5.41 Å². The first-order valence-corrected chi connectivity index (χ1v) is 4.69. The minimum Gasteiger partial charge on any atom is -0.258 e. The van der Waals surface area contributed by atoms with E-state index in [0.29, 0.717) is 11.1 Å². The fourth-order valence-electron chi connectivity index (χ4n) is 1.49. The van der Waals surface area contributed by atoms with Crippen molar-refractivity contribution >= 4 is 5.69 Å². The van der Waals surface area contributed by atoms with Crippen molar-refractivity contribution in [3.63, 3.8) is 0 Å². The topological polar surface area (TPSA) is 43.1 Å². The zero-order valence-electron chi connectivity index (χ0n) is 9.20. The van der Waals surface area contributed by atoms with E-state index < -0.39 is 0 Å². The Morgan fingerprint density at radius 3 is 2.40 bits per heavy atom. The van der Waals surface area contributed by atoms with E-state index in [1.807, 2.05) is 20.8 Å². The van der Waals surface area contributed by atoms with Crippen molar-refractivity contribution < 1.29 is 4.92 Å². The Balaban J connectivity index is 3.52. The summed E-state index contributed by atoms with van der Waals surface area (Å²) in [5.74, 6) is 0. The molecule has 15 heavy (non-hydrogen) atoms. The van der Waals surface area contributed by atoms with Gasteiger partial charge < -0.3 is 0 Å². The molecule has 1 radical (unpaired) electrons. The summed E-state index contributed by atoms with van der Waals surface area (Å²) < 4.78 is 0. The van der Waals surface area contributed by atoms with Gasteiger partial charge in [-0.1, -0.05) is 39.5 Å². The third-order valence-electron chi connectivity index (χ3n) is 2.22. The van der Waals surface area contributed by atoms with Gasteiger partial charge in [-0.05, 0) is 17.6 Å². The first-order valence-electron chi connectivity index (χ1n) is 4.69. The third kappa shape index (κ3) is 2.24. The van der Waals surface area contributed by atoms with E-state index in [-0.39, 0.29) is 16.0 Å². The standard InChI is InChI=1S/C12H14NO2/c1-5-9-7-6-8-10(12(2,3)4)11(9)13(14)15/h6-8H,1H2,2-4H3. The number of para-hydroxylation sites is 1. The largest absolute Gasteiger partial charge is 0.280 e. The number of nitrogens with zero attached hydrogens (tertiary/aromatic N) is 1. The maximum absolute atomic E-state index is 11.0. The molecule has 79 valence electrons. The third-order valence-corrected chi connectivity index (χ3v) is 2.22. The van der Waals surface area contributed by atoms with Crippen LogP contribution < -0.4 is 0 Å². The molecule has 0 atom stereocenters. The van der Waals surface area contributed by atoms with Gasteiger partial charge in [0.15, 0.2) is 0 Å². The van der Waals surface area contributed by atoms with Gasteiger partial charge in [-0.2, -0.15) is 0 Å². The summed E-state index contributed by atoms with van der Waals surface area (Å²) in [7, 11) is 0. The van der Waals surface area contributed by atoms with Gasteiger partial charge in [-0.3, -0.25) is 10.1 Å². The molecule has 0 saturated carbocycles. The van der Waals surface area contributed by atoms with Gasteiger partial charge in [0.1, 0.15) is 0 Å². The second-order valence-corrected chi connectivity index (χ2v) is 4.39. The molecule has 0 N–H and O–H groups in total. The van der Waals surface area contributed by atoms with E-state index in [2.05, 4.69) is 12.7 Å². The van der Waals surface area contributed by atoms with Crippen LogP contribution >= 0.6 is 0 Å². The monoisotopic (exact) mass is 204 g/mol. The van der Waals surface area contributed by atoms with E-state index in [9.17, 15) is 10.1 Å². The second kappa shape index (κ2) is 3.85. The Morgan fingerprint density at radius 2 is 2.00 bits per heavy atom. The predicted molar refractivity (Wildman–Crippen MR) is 59.8 cm³/mol. The summed E-state index contributed by atoms with van der Waals surface area (Å²) in [6.45, 7) is 9.31. The van der Waals surface area contributed by atoms with E-state index in [4.69, 9.17) is 0 Å². The zero-order chi connectivity index (χ0) is 11.6. The Labute approximate surface area is 89.6 Å². The lowest BCUT2D eigenvalue weighted by molar-refractivity contribution is -0.386. The highest BCUT2D eigenvalue weighted by Gasteiger charge is 2.26. The van der Waals surface area contributed by atoms with Crippen LogP contribution in [0.5, 0.6) is 0 Å². The fourth-order valence-corrected chi connectivity index (χ4v) is 1.49. The molecule has 0 heterocycles. The highest BCUT2D eigenvalue weighted by Crippen LogP contribution is 2.33. The lowest BCUT2D eigenvalue weighted by Gasteiger charge is -2.19. The lowest BCUT2D eigenvalue weighted by atomic mass is 9.84. The maximum Gasteiger partial charge on any atom is 0.280 e. The van der Waals surface area contributed by atoms with Crippen molar-refractivity contribution in [2.24, 2.45) is 0 Å². The zero-order valence-corrected chi connectivity index (χ0v) is 9.20. The molecular formula is C12H14NO2.